The fourth-order valence-electron chi connectivity index (χ4n) is 3.82. The Bertz CT molecular complexity index is 209. The fraction of sp³-hybridized carbons (Fsp3) is 1.00. The molecule has 0 radical (unpaired) electrons. The van der Waals surface area contributed by atoms with Crippen LogP contribution in [0.2, 0.25) is 0 Å². The van der Waals surface area contributed by atoms with Crippen LogP contribution in [0.25, 0.3) is 0 Å². The Kier molecular flexibility index (Phi) is 5.30. The van der Waals surface area contributed by atoms with Crippen LogP contribution in [0.1, 0.15) is 64.7 Å². The number of hydrogen-bond donors (Lipinski definition) is 1. The molecule has 1 unspecified atom stereocenters. The molecule has 1 heterocycles. The van der Waals surface area contributed by atoms with Gasteiger partial charge in [-0.15, -0.1) is 0 Å². The van der Waals surface area contributed by atoms with Crippen LogP contribution in [-0.4, -0.2) is 36.6 Å². The van der Waals surface area contributed by atoms with Gasteiger partial charge in [0.15, 0.2) is 0 Å². The molecule has 2 aliphatic rings. The van der Waals surface area contributed by atoms with Gasteiger partial charge in [0.1, 0.15) is 0 Å². The van der Waals surface area contributed by atoms with Crippen LogP contribution in [0.4, 0.5) is 0 Å². The highest BCUT2D eigenvalue weighted by atomic mass is 15.2. The summed E-state index contributed by atoms with van der Waals surface area (Å²) in [4.78, 5) is 2.87. The molecule has 1 atom stereocenters. The van der Waals surface area contributed by atoms with Gasteiger partial charge in [-0.3, -0.25) is 4.90 Å². The maximum absolute atomic E-state index is 3.45. The molecule has 0 aromatic heterocycles. The van der Waals surface area contributed by atoms with E-state index in [1.807, 2.05) is 0 Å². The monoisotopic (exact) mass is 238 g/mol. The highest BCUT2D eigenvalue weighted by molar-refractivity contribution is 4.86. The normalized spacial score (nSPS) is 36.7. The summed E-state index contributed by atoms with van der Waals surface area (Å²) < 4.78 is 0. The first kappa shape index (κ1) is 13.4. The van der Waals surface area contributed by atoms with Gasteiger partial charge < -0.3 is 5.32 Å². The molecule has 0 aromatic rings. The molecule has 2 fully saturated rings. The maximum atomic E-state index is 3.45. The summed E-state index contributed by atoms with van der Waals surface area (Å²) in [6.45, 7) is 3.75. The van der Waals surface area contributed by atoms with Crippen molar-refractivity contribution in [2.75, 3.05) is 13.6 Å². The van der Waals surface area contributed by atoms with Crippen molar-refractivity contribution in [3.05, 3.63) is 0 Å². The fourth-order valence-corrected chi connectivity index (χ4v) is 3.82. The van der Waals surface area contributed by atoms with Gasteiger partial charge >= 0.3 is 0 Å². The molecule has 0 amide bonds. The third-order valence-electron chi connectivity index (χ3n) is 4.97. The van der Waals surface area contributed by atoms with E-state index in [9.17, 15) is 0 Å². The zero-order valence-corrected chi connectivity index (χ0v) is 11.8. The van der Waals surface area contributed by atoms with Crippen molar-refractivity contribution < 1.29 is 0 Å². The van der Waals surface area contributed by atoms with Crippen LogP contribution in [0.15, 0.2) is 0 Å². The summed E-state index contributed by atoms with van der Waals surface area (Å²) in [6.07, 6.45) is 12.8. The zero-order chi connectivity index (χ0) is 12.1. The van der Waals surface area contributed by atoms with Crippen molar-refractivity contribution in [1.82, 2.24) is 10.2 Å². The Morgan fingerprint density at radius 1 is 1.00 bits per heavy atom. The average molecular weight is 238 g/mol. The maximum Gasteiger partial charge on any atom is 0.00993 e. The largest absolute Gasteiger partial charge is 0.317 e. The van der Waals surface area contributed by atoms with E-state index in [-0.39, 0.29) is 0 Å². The second-order valence-corrected chi connectivity index (χ2v) is 5.94. The lowest BCUT2D eigenvalue weighted by Crippen LogP contribution is -2.46. The number of nitrogens with zero attached hydrogens (tertiary/aromatic N) is 1. The number of rotatable bonds is 3. The van der Waals surface area contributed by atoms with Crippen LogP contribution >= 0.6 is 0 Å². The zero-order valence-electron chi connectivity index (χ0n) is 11.8. The molecular formula is C15H30N2. The van der Waals surface area contributed by atoms with Crippen LogP contribution in [0, 0.1) is 0 Å². The SMILES string of the molecule is CCC1CCCCCN1C1CCC(NC)CC1. The van der Waals surface area contributed by atoms with E-state index < -0.39 is 0 Å². The van der Waals surface area contributed by atoms with Gasteiger partial charge in [0.2, 0.25) is 0 Å². The number of likely N-dealkylation sites (tertiary alicyclic amines) is 1. The molecule has 2 rings (SSSR count). The summed E-state index contributed by atoms with van der Waals surface area (Å²) in [5.41, 5.74) is 0. The quantitative estimate of drug-likeness (QED) is 0.812. The van der Waals surface area contributed by atoms with Gasteiger partial charge in [0.25, 0.3) is 0 Å². The minimum atomic E-state index is 0.790. The lowest BCUT2D eigenvalue weighted by atomic mass is 9.89. The Balaban J connectivity index is 1.90. The van der Waals surface area contributed by atoms with Gasteiger partial charge in [-0.1, -0.05) is 19.8 Å². The predicted octanol–water partition coefficient (Wildman–Crippen LogP) is 3.17. The molecule has 1 aliphatic heterocycles. The van der Waals surface area contributed by atoms with Gasteiger partial charge in [-0.25, -0.2) is 0 Å². The summed E-state index contributed by atoms with van der Waals surface area (Å²) in [5.74, 6) is 0. The first-order valence-corrected chi connectivity index (χ1v) is 7.78. The highest BCUT2D eigenvalue weighted by Gasteiger charge is 2.29. The van der Waals surface area contributed by atoms with E-state index >= 15 is 0 Å². The van der Waals surface area contributed by atoms with E-state index in [4.69, 9.17) is 0 Å². The first-order chi connectivity index (χ1) is 8.35. The van der Waals surface area contributed by atoms with Crippen LogP contribution in [0.5, 0.6) is 0 Å². The third kappa shape index (κ3) is 3.45. The molecule has 1 N–H and O–H groups in total. The lowest BCUT2D eigenvalue weighted by Gasteiger charge is -2.40. The minimum absolute atomic E-state index is 0.790. The Morgan fingerprint density at radius 2 is 1.76 bits per heavy atom. The van der Waals surface area contributed by atoms with Crippen LogP contribution in [0.3, 0.4) is 0 Å². The molecule has 1 saturated heterocycles. The molecule has 100 valence electrons. The molecule has 2 nitrogen and oxygen atoms in total. The van der Waals surface area contributed by atoms with Crippen molar-refractivity contribution in [2.45, 2.75) is 82.8 Å². The first-order valence-electron chi connectivity index (χ1n) is 7.78. The molecule has 1 saturated carbocycles. The second-order valence-electron chi connectivity index (χ2n) is 5.94. The predicted molar refractivity (Wildman–Crippen MR) is 74.4 cm³/mol. The molecule has 17 heavy (non-hydrogen) atoms. The van der Waals surface area contributed by atoms with Crippen LogP contribution < -0.4 is 5.32 Å². The van der Waals surface area contributed by atoms with E-state index in [1.165, 1.54) is 64.3 Å². The Morgan fingerprint density at radius 3 is 2.41 bits per heavy atom. The van der Waals surface area contributed by atoms with E-state index in [0.29, 0.717) is 0 Å². The Hall–Kier alpha value is -0.0800. The summed E-state index contributed by atoms with van der Waals surface area (Å²) >= 11 is 0. The Labute approximate surface area is 107 Å². The summed E-state index contributed by atoms with van der Waals surface area (Å²) in [6, 6.07) is 2.56. The summed E-state index contributed by atoms with van der Waals surface area (Å²) in [5, 5.41) is 3.45. The van der Waals surface area contributed by atoms with E-state index in [0.717, 1.165) is 18.1 Å². The number of hydrogen-bond acceptors (Lipinski definition) is 2. The number of nitrogens with one attached hydrogen (secondary N) is 1. The van der Waals surface area contributed by atoms with E-state index in [2.05, 4.69) is 24.2 Å². The molecule has 0 aromatic carbocycles. The van der Waals surface area contributed by atoms with Crippen molar-refractivity contribution >= 4 is 0 Å². The van der Waals surface area contributed by atoms with Crippen molar-refractivity contribution in [3.63, 3.8) is 0 Å². The molecule has 0 spiro atoms. The topological polar surface area (TPSA) is 15.3 Å². The van der Waals surface area contributed by atoms with Crippen LogP contribution in [-0.2, 0) is 0 Å². The standard InChI is InChI=1S/C15H30N2/c1-3-14-7-5-4-6-12-17(14)15-10-8-13(16-2)9-11-15/h13-16H,3-12H2,1-2H3. The lowest BCUT2D eigenvalue weighted by molar-refractivity contribution is 0.0966. The van der Waals surface area contributed by atoms with Gasteiger partial charge in [0, 0.05) is 18.1 Å². The molecule has 0 bridgehead atoms. The summed E-state index contributed by atoms with van der Waals surface area (Å²) in [7, 11) is 2.12. The molecular weight excluding hydrogens is 208 g/mol. The van der Waals surface area contributed by atoms with Gasteiger partial charge in [-0.2, -0.15) is 0 Å². The molecule has 2 heteroatoms. The van der Waals surface area contributed by atoms with Gasteiger partial charge in [-0.05, 0) is 58.5 Å². The third-order valence-corrected chi connectivity index (χ3v) is 4.97. The van der Waals surface area contributed by atoms with Crippen molar-refractivity contribution in [1.29, 1.82) is 0 Å². The average Bonchev–Trinajstić information content (AvgIpc) is 2.64. The smallest absolute Gasteiger partial charge is 0.00993 e. The van der Waals surface area contributed by atoms with Gasteiger partial charge in [0.05, 0.1) is 0 Å². The van der Waals surface area contributed by atoms with E-state index in [1.54, 1.807) is 0 Å². The highest BCUT2D eigenvalue weighted by Crippen LogP contribution is 2.29. The second kappa shape index (κ2) is 6.75. The van der Waals surface area contributed by atoms with Crippen molar-refractivity contribution in [3.8, 4) is 0 Å². The molecule has 1 aliphatic carbocycles. The van der Waals surface area contributed by atoms with Crippen molar-refractivity contribution in [2.24, 2.45) is 0 Å². The minimum Gasteiger partial charge on any atom is -0.317 e.